The standard InChI is InChI=1S/C13H19BrN2O/c1-13(5-2-6-17-9-13)16-8-10-3-4-11(14)12(15)7-10/h3-4,7,16H,2,5-6,8-9,15H2,1H3. The number of nitrogens with one attached hydrogen (secondary N) is 1. The maximum absolute atomic E-state index is 5.86. The van der Waals surface area contributed by atoms with Crippen molar-refractivity contribution in [2.24, 2.45) is 0 Å². The van der Waals surface area contributed by atoms with Gasteiger partial charge in [-0.15, -0.1) is 0 Å². The van der Waals surface area contributed by atoms with E-state index >= 15 is 0 Å². The summed E-state index contributed by atoms with van der Waals surface area (Å²) in [5.41, 5.74) is 7.95. The summed E-state index contributed by atoms with van der Waals surface area (Å²) >= 11 is 3.40. The molecule has 1 fully saturated rings. The summed E-state index contributed by atoms with van der Waals surface area (Å²) < 4.78 is 6.47. The predicted molar refractivity (Wildman–Crippen MR) is 73.9 cm³/mol. The lowest BCUT2D eigenvalue weighted by Gasteiger charge is -2.34. The fraction of sp³-hybridized carbons (Fsp3) is 0.538. The van der Waals surface area contributed by atoms with E-state index in [9.17, 15) is 0 Å². The monoisotopic (exact) mass is 298 g/mol. The number of nitrogen functional groups attached to an aromatic ring is 1. The van der Waals surface area contributed by atoms with Gasteiger partial charge in [0.05, 0.1) is 6.61 Å². The van der Waals surface area contributed by atoms with E-state index < -0.39 is 0 Å². The quantitative estimate of drug-likeness (QED) is 0.844. The second kappa shape index (κ2) is 5.38. The maximum atomic E-state index is 5.86. The molecule has 0 spiro atoms. The van der Waals surface area contributed by atoms with Gasteiger partial charge in [0.25, 0.3) is 0 Å². The third-order valence-corrected chi connectivity index (χ3v) is 3.94. The molecule has 0 aliphatic carbocycles. The first kappa shape index (κ1) is 12.9. The molecule has 2 rings (SSSR count). The lowest BCUT2D eigenvalue weighted by molar-refractivity contribution is 0.0278. The average Bonchev–Trinajstić information content (AvgIpc) is 2.32. The third kappa shape index (κ3) is 3.44. The molecule has 1 aromatic rings. The molecule has 94 valence electrons. The van der Waals surface area contributed by atoms with Crippen molar-refractivity contribution < 1.29 is 4.74 Å². The summed E-state index contributed by atoms with van der Waals surface area (Å²) in [6.45, 7) is 4.73. The van der Waals surface area contributed by atoms with Crippen LogP contribution in [0.3, 0.4) is 0 Å². The summed E-state index contributed by atoms with van der Waals surface area (Å²) in [6.07, 6.45) is 2.30. The van der Waals surface area contributed by atoms with Gasteiger partial charge in [-0.25, -0.2) is 0 Å². The second-order valence-corrected chi connectivity index (χ2v) is 5.78. The van der Waals surface area contributed by atoms with Crippen molar-refractivity contribution in [2.45, 2.75) is 31.8 Å². The van der Waals surface area contributed by atoms with Crippen LogP contribution in [0.15, 0.2) is 22.7 Å². The van der Waals surface area contributed by atoms with Gasteiger partial charge in [0, 0.05) is 28.9 Å². The van der Waals surface area contributed by atoms with Crippen LogP contribution in [0.1, 0.15) is 25.3 Å². The Bertz CT molecular complexity index is 389. The highest BCUT2D eigenvalue weighted by atomic mass is 79.9. The molecule has 1 aliphatic rings. The smallest absolute Gasteiger partial charge is 0.0645 e. The minimum absolute atomic E-state index is 0.0973. The van der Waals surface area contributed by atoms with E-state index in [4.69, 9.17) is 10.5 Å². The Morgan fingerprint density at radius 1 is 1.53 bits per heavy atom. The largest absolute Gasteiger partial charge is 0.398 e. The van der Waals surface area contributed by atoms with Crippen molar-refractivity contribution in [3.8, 4) is 0 Å². The maximum Gasteiger partial charge on any atom is 0.0645 e. The van der Waals surface area contributed by atoms with Gasteiger partial charge in [-0.3, -0.25) is 0 Å². The highest BCUT2D eigenvalue weighted by Crippen LogP contribution is 2.22. The molecule has 0 amide bonds. The molecule has 1 atom stereocenters. The minimum Gasteiger partial charge on any atom is -0.398 e. The van der Waals surface area contributed by atoms with Crippen LogP contribution in [0.25, 0.3) is 0 Å². The molecular formula is C13H19BrN2O. The van der Waals surface area contributed by atoms with Gasteiger partial charge in [-0.2, -0.15) is 0 Å². The van der Waals surface area contributed by atoms with Gasteiger partial charge < -0.3 is 15.8 Å². The van der Waals surface area contributed by atoms with Gasteiger partial charge in [-0.1, -0.05) is 6.07 Å². The molecule has 0 bridgehead atoms. The summed E-state index contributed by atoms with van der Waals surface area (Å²) in [6, 6.07) is 6.08. The Morgan fingerprint density at radius 3 is 3.00 bits per heavy atom. The van der Waals surface area contributed by atoms with E-state index in [2.05, 4.69) is 34.2 Å². The molecular weight excluding hydrogens is 280 g/mol. The fourth-order valence-corrected chi connectivity index (χ4v) is 2.34. The molecule has 0 aromatic heterocycles. The number of nitrogens with two attached hydrogens (primary N) is 1. The molecule has 1 unspecified atom stereocenters. The summed E-state index contributed by atoms with van der Waals surface area (Å²) in [5, 5.41) is 3.57. The Labute approximate surface area is 111 Å². The molecule has 1 aromatic carbocycles. The van der Waals surface area contributed by atoms with Crippen molar-refractivity contribution in [1.82, 2.24) is 5.32 Å². The average molecular weight is 299 g/mol. The molecule has 1 saturated heterocycles. The van der Waals surface area contributed by atoms with Crippen LogP contribution in [-0.4, -0.2) is 18.8 Å². The van der Waals surface area contributed by atoms with Crippen LogP contribution >= 0.6 is 15.9 Å². The first-order chi connectivity index (χ1) is 8.09. The normalized spacial score (nSPS) is 24.8. The van der Waals surface area contributed by atoms with Crippen LogP contribution in [-0.2, 0) is 11.3 Å². The third-order valence-electron chi connectivity index (χ3n) is 3.22. The van der Waals surface area contributed by atoms with Gasteiger partial charge in [0.15, 0.2) is 0 Å². The van der Waals surface area contributed by atoms with Crippen molar-refractivity contribution in [2.75, 3.05) is 18.9 Å². The molecule has 3 N–H and O–H groups in total. The highest BCUT2D eigenvalue weighted by molar-refractivity contribution is 9.10. The van der Waals surface area contributed by atoms with E-state index in [-0.39, 0.29) is 5.54 Å². The lowest BCUT2D eigenvalue weighted by atomic mass is 9.94. The zero-order chi connectivity index (χ0) is 12.3. The molecule has 3 nitrogen and oxygen atoms in total. The topological polar surface area (TPSA) is 47.3 Å². The van der Waals surface area contributed by atoms with Gasteiger partial charge >= 0.3 is 0 Å². The number of hydrogen-bond acceptors (Lipinski definition) is 3. The van der Waals surface area contributed by atoms with Crippen LogP contribution in [0.2, 0.25) is 0 Å². The van der Waals surface area contributed by atoms with Crippen molar-refractivity contribution in [3.05, 3.63) is 28.2 Å². The van der Waals surface area contributed by atoms with E-state index in [1.54, 1.807) is 0 Å². The first-order valence-electron chi connectivity index (χ1n) is 5.96. The molecule has 4 heteroatoms. The van der Waals surface area contributed by atoms with Crippen molar-refractivity contribution in [3.63, 3.8) is 0 Å². The Hall–Kier alpha value is -0.580. The van der Waals surface area contributed by atoms with Crippen LogP contribution in [0, 0.1) is 0 Å². The molecule has 0 saturated carbocycles. The van der Waals surface area contributed by atoms with E-state index in [0.717, 1.165) is 36.3 Å². The number of ether oxygens (including phenoxy) is 1. The Kier molecular flexibility index (Phi) is 4.07. The Morgan fingerprint density at radius 2 is 2.35 bits per heavy atom. The lowest BCUT2D eigenvalue weighted by Crippen LogP contribution is -2.48. The van der Waals surface area contributed by atoms with Crippen molar-refractivity contribution >= 4 is 21.6 Å². The molecule has 1 heterocycles. The van der Waals surface area contributed by atoms with Crippen LogP contribution in [0.5, 0.6) is 0 Å². The van der Waals surface area contributed by atoms with Crippen LogP contribution in [0.4, 0.5) is 5.69 Å². The van der Waals surface area contributed by atoms with Crippen molar-refractivity contribution in [1.29, 1.82) is 0 Å². The number of anilines is 1. The highest BCUT2D eigenvalue weighted by Gasteiger charge is 2.26. The Balaban J connectivity index is 1.94. The minimum atomic E-state index is 0.0973. The zero-order valence-electron chi connectivity index (χ0n) is 10.1. The van der Waals surface area contributed by atoms with Gasteiger partial charge in [0.1, 0.15) is 0 Å². The predicted octanol–water partition coefficient (Wildman–Crippen LogP) is 2.69. The summed E-state index contributed by atoms with van der Waals surface area (Å²) in [4.78, 5) is 0. The fourth-order valence-electron chi connectivity index (χ4n) is 2.09. The molecule has 0 radical (unpaired) electrons. The van der Waals surface area contributed by atoms with E-state index in [1.807, 2.05) is 12.1 Å². The second-order valence-electron chi connectivity index (χ2n) is 4.93. The summed E-state index contributed by atoms with van der Waals surface area (Å²) in [5.74, 6) is 0. The van der Waals surface area contributed by atoms with Gasteiger partial charge in [0.2, 0.25) is 0 Å². The number of hydrogen-bond donors (Lipinski definition) is 2. The molecule has 17 heavy (non-hydrogen) atoms. The van der Waals surface area contributed by atoms with Gasteiger partial charge in [-0.05, 0) is 53.4 Å². The van der Waals surface area contributed by atoms with E-state index in [1.165, 1.54) is 12.0 Å². The number of rotatable bonds is 3. The molecule has 1 aliphatic heterocycles. The zero-order valence-corrected chi connectivity index (χ0v) is 11.7. The summed E-state index contributed by atoms with van der Waals surface area (Å²) in [7, 11) is 0. The first-order valence-corrected chi connectivity index (χ1v) is 6.75. The SMILES string of the molecule is CC1(NCc2ccc(Br)c(N)c2)CCCOC1. The number of halogens is 1. The van der Waals surface area contributed by atoms with E-state index in [0.29, 0.717) is 0 Å². The number of benzene rings is 1. The van der Waals surface area contributed by atoms with Crippen LogP contribution < -0.4 is 11.1 Å².